The first-order valence-corrected chi connectivity index (χ1v) is 9.89. The molecule has 8 nitrogen and oxygen atoms in total. The van der Waals surface area contributed by atoms with Crippen LogP contribution < -0.4 is 16.4 Å². The average molecular weight is 511 g/mol. The number of amides is 3. The van der Waals surface area contributed by atoms with Crippen LogP contribution in [0.2, 0.25) is 0 Å². The standard InChI is InChI=1S/C20H22IN3O5/c21-15-9-5-4-8-14(15)10-16(18(22)26)23-19(27)17(11-25)24-20(28)29-12-13-6-2-1-3-7-13/h1-9,16-17,25H,10-12H2,(H2,22,26)(H,23,27)(H,24,28)/t16-,17-/m0/s1. The minimum absolute atomic E-state index is 0.0167. The number of alkyl carbamates (subject to hydrolysis) is 1. The number of hydrogen-bond acceptors (Lipinski definition) is 5. The topological polar surface area (TPSA) is 131 Å². The van der Waals surface area contributed by atoms with Crippen LogP contribution in [0.5, 0.6) is 0 Å². The van der Waals surface area contributed by atoms with Gasteiger partial charge in [-0.2, -0.15) is 0 Å². The lowest BCUT2D eigenvalue weighted by atomic mass is 10.1. The molecule has 0 aliphatic heterocycles. The fourth-order valence-electron chi connectivity index (χ4n) is 2.48. The molecule has 0 saturated carbocycles. The van der Waals surface area contributed by atoms with E-state index in [2.05, 4.69) is 33.2 Å². The van der Waals surface area contributed by atoms with Crippen LogP contribution >= 0.6 is 22.6 Å². The van der Waals surface area contributed by atoms with Gasteiger partial charge in [-0.25, -0.2) is 4.79 Å². The summed E-state index contributed by atoms with van der Waals surface area (Å²) in [5.74, 6) is -1.46. The van der Waals surface area contributed by atoms with Gasteiger partial charge in [0, 0.05) is 9.99 Å². The number of rotatable bonds is 9. The fourth-order valence-corrected chi connectivity index (χ4v) is 3.09. The van der Waals surface area contributed by atoms with Crippen LogP contribution in [0.1, 0.15) is 11.1 Å². The van der Waals surface area contributed by atoms with Gasteiger partial charge < -0.3 is 26.2 Å². The number of benzene rings is 2. The maximum Gasteiger partial charge on any atom is 0.408 e. The summed E-state index contributed by atoms with van der Waals surface area (Å²) in [6.45, 7) is -0.649. The van der Waals surface area contributed by atoms with Crippen molar-refractivity contribution >= 4 is 40.5 Å². The van der Waals surface area contributed by atoms with Crippen molar-refractivity contribution < 1.29 is 24.2 Å². The first-order chi connectivity index (χ1) is 13.9. The number of ether oxygens (including phenoxy) is 1. The Morgan fingerprint density at radius 3 is 2.28 bits per heavy atom. The highest BCUT2D eigenvalue weighted by Gasteiger charge is 2.26. The number of aliphatic hydroxyl groups is 1. The zero-order chi connectivity index (χ0) is 21.2. The van der Waals surface area contributed by atoms with Gasteiger partial charge >= 0.3 is 6.09 Å². The quantitative estimate of drug-likeness (QED) is 0.375. The van der Waals surface area contributed by atoms with E-state index in [4.69, 9.17) is 10.5 Å². The van der Waals surface area contributed by atoms with Crippen molar-refractivity contribution in [2.45, 2.75) is 25.1 Å². The largest absolute Gasteiger partial charge is 0.445 e. The Labute approximate surface area is 182 Å². The molecular formula is C20H22IN3O5. The van der Waals surface area contributed by atoms with Crippen molar-refractivity contribution in [3.8, 4) is 0 Å². The number of aliphatic hydroxyl groups excluding tert-OH is 1. The Morgan fingerprint density at radius 2 is 1.66 bits per heavy atom. The summed E-state index contributed by atoms with van der Waals surface area (Å²) in [5.41, 5.74) is 7.02. The summed E-state index contributed by atoms with van der Waals surface area (Å²) >= 11 is 2.12. The Kier molecular flexibility index (Phi) is 8.87. The number of primary amides is 1. The summed E-state index contributed by atoms with van der Waals surface area (Å²) in [4.78, 5) is 36.1. The molecular weight excluding hydrogens is 489 g/mol. The van der Waals surface area contributed by atoms with E-state index in [1.54, 1.807) is 24.3 Å². The van der Waals surface area contributed by atoms with Crippen LogP contribution in [-0.4, -0.2) is 41.7 Å². The Balaban J connectivity index is 1.93. The molecule has 0 heterocycles. The minimum atomic E-state index is -1.28. The molecule has 9 heteroatoms. The summed E-state index contributed by atoms with van der Waals surface area (Å²) < 4.78 is 5.96. The molecule has 0 fully saturated rings. The van der Waals surface area contributed by atoms with Gasteiger partial charge in [0.25, 0.3) is 0 Å². The predicted molar refractivity (Wildman–Crippen MR) is 115 cm³/mol. The third-order valence-corrected chi connectivity index (χ3v) is 5.10. The molecule has 5 N–H and O–H groups in total. The maximum absolute atomic E-state index is 12.4. The zero-order valence-corrected chi connectivity index (χ0v) is 17.7. The zero-order valence-electron chi connectivity index (χ0n) is 15.5. The van der Waals surface area contributed by atoms with Gasteiger partial charge in [0.15, 0.2) is 0 Å². The molecule has 2 aromatic rings. The number of carbonyl (C=O) groups excluding carboxylic acids is 3. The van der Waals surface area contributed by atoms with Gasteiger partial charge in [0.2, 0.25) is 11.8 Å². The third-order valence-electron chi connectivity index (χ3n) is 4.05. The molecule has 0 aromatic heterocycles. The van der Waals surface area contributed by atoms with Crippen LogP contribution in [0.15, 0.2) is 54.6 Å². The second-order valence-electron chi connectivity index (χ2n) is 6.20. The van der Waals surface area contributed by atoms with E-state index < -0.39 is 36.6 Å². The second-order valence-corrected chi connectivity index (χ2v) is 7.36. The lowest BCUT2D eigenvalue weighted by Crippen LogP contribution is -2.55. The number of carbonyl (C=O) groups is 3. The van der Waals surface area contributed by atoms with Crippen molar-refractivity contribution in [2.24, 2.45) is 5.73 Å². The van der Waals surface area contributed by atoms with Crippen LogP contribution in [0.25, 0.3) is 0 Å². The van der Waals surface area contributed by atoms with Crippen molar-refractivity contribution in [3.63, 3.8) is 0 Å². The van der Waals surface area contributed by atoms with Crippen molar-refractivity contribution in [2.75, 3.05) is 6.61 Å². The van der Waals surface area contributed by atoms with Crippen LogP contribution in [0.4, 0.5) is 4.79 Å². The minimum Gasteiger partial charge on any atom is -0.445 e. The predicted octanol–water partition coefficient (Wildman–Crippen LogP) is 1.09. The maximum atomic E-state index is 12.4. The summed E-state index contributed by atoms with van der Waals surface area (Å²) in [6.07, 6.45) is -0.673. The highest BCUT2D eigenvalue weighted by Crippen LogP contribution is 2.13. The summed E-state index contributed by atoms with van der Waals surface area (Å²) in [5, 5.41) is 14.2. The molecule has 2 atom stereocenters. The van der Waals surface area contributed by atoms with Crippen molar-refractivity contribution in [1.82, 2.24) is 10.6 Å². The molecule has 0 saturated heterocycles. The smallest absolute Gasteiger partial charge is 0.408 e. The van der Waals surface area contributed by atoms with E-state index in [0.717, 1.165) is 14.7 Å². The monoisotopic (exact) mass is 511 g/mol. The van der Waals surface area contributed by atoms with E-state index in [-0.39, 0.29) is 13.0 Å². The van der Waals surface area contributed by atoms with Gasteiger partial charge in [-0.3, -0.25) is 9.59 Å². The molecule has 0 aliphatic carbocycles. The lowest BCUT2D eigenvalue weighted by Gasteiger charge is -2.21. The summed E-state index contributed by atoms with van der Waals surface area (Å²) in [7, 11) is 0. The van der Waals surface area contributed by atoms with Gasteiger partial charge in [0.1, 0.15) is 18.7 Å². The molecule has 2 aromatic carbocycles. The highest BCUT2D eigenvalue weighted by molar-refractivity contribution is 14.1. The molecule has 0 spiro atoms. The Hall–Kier alpha value is -2.66. The van der Waals surface area contributed by atoms with Crippen molar-refractivity contribution in [1.29, 1.82) is 0 Å². The lowest BCUT2D eigenvalue weighted by molar-refractivity contribution is -0.129. The molecule has 29 heavy (non-hydrogen) atoms. The molecule has 2 rings (SSSR count). The number of nitrogens with two attached hydrogens (primary N) is 1. The normalized spacial score (nSPS) is 12.5. The molecule has 0 radical (unpaired) electrons. The van der Waals surface area contributed by atoms with Crippen LogP contribution in [0.3, 0.4) is 0 Å². The SMILES string of the molecule is NC(=O)[C@H](Cc1ccccc1I)NC(=O)[C@H](CO)NC(=O)OCc1ccccc1. The highest BCUT2D eigenvalue weighted by atomic mass is 127. The fraction of sp³-hybridized carbons (Fsp3) is 0.250. The average Bonchev–Trinajstić information content (AvgIpc) is 2.72. The number of halogens is 1. The van der Waals surface area contributed by atoms with Gasteiger partial charge in [-0.15, -0.1) is 0 Å². The van der Waals surface area contributed by atoms with Crippen molar-refractivity contribution in [3.05, 3.63) is 69.3 Å². The van der Waals surface area contributed by atoms with E-state index in [1.165, 1.54) is 0 Å². The molecule has 154 valence electrons. The molecule has 3 amide bonds. The molecule has 0 bridgehead atoms. The van der Waals surface area contributed by atoms with E-state index in [0.29, 0.717) is 0 Å². The third kappa shape index (κ3) is 7.35. The van der Waals surface area contributed by atoms with Gasteiger partial charge in [-0.1, -0.05) is 48.5 Å². The van der Waals surface area contributed by atoms with E-state index in [1.807, 2.05) is 30.3 Å². The Morgan fingerprint density at radius 1 is 1.00 bits per heavy atom. The number of nitrogens with one attached hydrogen (secondary N) is 2. The van der Waals surface area contributed by atoms with Gasteiger partial charge in [0.05, 0.1) is 6.61 Å². The first kappa shape index (κ1) is 22.6. The van der Waals surface area contributed by atoms with Gasteiger partial charge in [-0.05, 0) is 39.8 Å². The molecule has 0 aliphatic rings. The Bertz CT molecular complexity index is 847. The first-order valence-electron chi connectivity index (χ1n) is 8.82. The summed E-state index contributed by atoms with van der Waals surface area (Å²) in [6, 6.07) is 14.1. The van der Waals surface area contributed by atoms with E-state index in [9.17, 15) is 19.5 Å². The number of hydrogen-bond donors (Lipinski definition) is 4. The second kappa shape index (κ2) is 11.4. The van der Waals surface area contributed by atoms with Crippen LogP contribution in [-0.2, 0) is 27.4 Å². The van der Waals surface area contributed by atoms with E-state index >= 15 is 0 Å². The van der Waals surface area contributed by atoms with Crippen LogP contribution in [0, 0.1) is 3.57 Å². The molecule has 0 unspecified atom stereocenters.